The van der Waals surface area contributed by atoms with Crippen molar-refractivity contribution in [2.75, 3.05) is 13.1 Å². The van der Waals surface area contributed by atoms with E-state index in [9.17, 15) is 0 Å². The number of nitrogens with zero attached hydrogens (tertiary/aromatic N) is 1. The number of pyridine rings is 1. The summed E-state index contributed by atoms with van der Waals surface area (Å²) in [7, 11) is 0. The number of nitrogens with two attached hydrogens (primary N) is 1. The third-order valence-electron chi connectivity index (χ3n) is 1.82. The number of rotatable bonds is 5. The van der Waals surface area contributed by atoms with Crippen LogP contribution >= 0.6 is 0 Å². The van der Waals surface area contributed by atoms with Gasteiger partial charge in [-0.05, 0) is 37.6 Å². The van der Waals surface area contributed by atoms with Crippen LogP contribution in [0, 0.1) is 6.92 Å². The minimum absolute atomic E-state index is 0.749. The first-order valence-corrected chi connectivity index (χ1v) is 4.64. The van der Waals surface area contributed by atoms with Crippen LogP contribution in [0.15, 0.2) is 18.5 Å². The lowest BCUT2D eigenvalue weighted by atomic mass is 10.2. The summed E-state index contributed by atoms with van der Waals surface area (Å²) in [6, 6.07) is 2.14. The van der Waals surface area contributed by atoms with Gasteiger partial charge >= 0.3 is 0 Å². The van der Waals surface area contributed by atoms with Crippen molar-refractivity contribution >= 4 is 0 Å². The van der Waals surface area contributed by atoms with Crippen molar-refractivity contribution in [3.63, 3.8) is 0 Å². The van der Waals surface area contributed by atoms with E-state index in [0.29, 0.717) is 0 Å². The van der Waals surface area contributed by atoms with Crippen LogP contribution in [0.4, 0.5) is 0 Å². The summed E-state index contributed by atoms with van der Waals surface area (Å²) in [5, 5.41) is 3.31. The molecule has 3 N–H and O–H groups in total. The van der Waals surface area contributed by atoms with E-state index in [1.807, 2.05) is 12.4 Å². The van der Waals surface area contributed by atoms with Gasteiger partial charge in [0, 0.05) is 18.9 Å². The fraction of sp³-hybridized carbons (Fsp3) is 0.500. The number of aromatic nitrogens is 1. The first-order valence-electron chi connectivity index (χ1n) is 4.64. The molecule has 3 nitrogen and oxygen atoms in total. The largest absolute Gasteiger partial charge is 0.330 e. The normalized spacial score (nSPS) is 10.3. The molecule has 0 saturated heterocycles. The van der Waals surface area contributed by atoms with Crippen molar-refractivity contribution in [2.45, 2.75) is 19.9 Å². The maximum Gasteiger partial charge on any atom is 0.0313 e. The van der Waals surface area contributed by atoms with E-state index < -0.39 is 0 Å². The van der Waals surface area contributed by atoms with E-state index in [1.54, 1.807) is 0 Å². The van der Waals surface area contributed by atoms with Gasteiger partial charge in [-0.3, -0.25) is 4.98 Å². The third-order valence-corrected chi connectivity index (χ3v) is 1.82. The molecular formula is C10H17N3. The van der Waals surface area contributed by atoms with Gasteiger partial charge in [0.25, 0.3) is 0 Å². The molecule has 0 radical (unpaired) electrons. The van der Waals surface area contributed by atoms with Gasteiger partial charge in [-0.2, -0.15) is 0 Å². The molecule has 0 saturated carbocycles. The number of hydrogen-bond donors (Lipinski definition) is 2. The predicted molar refractivity (Wildman–Crippen MR) is 54.4 cm³/mol. The summed E-state index contributed by atoms with van der Waals surface area (Å²) in [5.74, 6) is 0. The average Bonchev–Trinajstić information content (AvgIpc) is 2.13. The Balaban J connectivity index is 2.28. The van der Waals surface area contributed by atoms with Gasteiger partial charge in [0.1, 0.15) is 0 Å². The van der Waals surface area contributed by atoms with E-state index in [1.165, 1.54) is 11.1 Å². The Kier molecular flexibility index (Phi) is 4.43. The zero-order chi connectivity index (χ0) is 9.52. The van der Waals surface area contributed by atoms with Crippen molar-refractivity contribution in [1.82, 2.24) is 10.3 Å². The van der Waals surface area contributed by atoms with Crippen LogP contribution in [0.2, 0.25) is 0 Å². The monoisotopic (exact) mass is 179 g/mol. The van der Waals surface area contributed by atoms with Crippen molar-refractivity contribution in [3.8, 4) is 0 Å². The third kappa shape index (κ3) is 4.01. The molecule has 72 valence electrons. The lowest BCUT2D eigenvalue weighted by Gasteiger charge is -2.03. The highest BCUT2D eigenvalue weighted by atomic mass is 14.9. The van der Waals surface area contributed by atoms with E-state index in [-0.39, 0.29) is 0 Å². The summed E-state index contributed by atoms with van der Waals surface area (Å²) in [6.45, 7) is 4.66. The topological polar surface area (TPSA) is 50.9 Å². The predicted octanol–water partition coefficient (Wildman–Crippen LogP) is 0.828. The zero-order valence-electron chi connectivity index (χ0n) is 8.09. The Hall–Kier alpha value is -0.930. The number of hydrogen-bond acceptors (Lipinski definition) is 3. The second-order valence-electron chi connectivity index (χ2n) is 3.19. The fourth-order valence-corrected chi connectivity index (χ4v) is 1.17. The standard InChI is InChI=1S/C10H17N3/c1-9-5-10(8-13-6-9)7-12-4-2-3-11/h5-6,8,12H,2-4,7,11H2,1H3. The molecule has 0 bridgehead atoms. The molecular weight excluding hydrogens is 162 g/mol. The zero-order valence-corrected chi connectivity index (χ0v) is 8.09. The Labute approximate surface area is 79.4 Å². The minimum Gasteiger partial charge on any atom is -0.330 e. The van der Waals surface area contributed by atoms with E-state index in [4.69, 9.17) is 5.73 Å². The molecule has 0 spiro atoms. The first kappa shape index (κ1) is 10.2. The van der Waals surface area contributed by atoms with Crippen LogP contribution in [0.5, 0.6) is 0 Å². The van der Waals surface area contributed by atoms with Crippen molar-refractivity contribution in [3.05, 3.63) is 29.6 Å². The summed E-state index contributed by atoms with van der Waals surface area (Å²) in [6.07, 6.45) is 4.78. The molecule has 0 aliphatic heterocycles. The maximum atomic E-state index is 5.38. The summed E-state index contributed by atoms with van der Waals surface area (Å²) < 4.78 is 0. The van der Waals surface area contributed by atoms with Gasteiger partial charge in [0.05, 0.1) is 0 Å². The molecule has 13 heavy (non-hydrogen) atoms. The van der Waals surface area contributed by atoms with Gasteiger partial charge in [-0.25, -0.2) is 0 Å². The van der Waals surface area contributed by atoms with Crippen LogP contribution in [-0.4, -0.2) is 18.1 Å². The molecule has 1 aromatic heterocycles. The smallest absolute Gasteiger partial charge is 0.0313 e. The molecule has 0 aromatic carbocycles. The van der Waals surface area contributed by atoms with Crippen LogP contribution in [-0.2, 0) is 6.54 Å². The van der Waals surface area contributed by atoms with Crippen molar-refractivity contribution in [2.24, 2.45) is 5.73 Å². The Morgan fingerprint density at radius 1 is 1.46 bits per heavy atom. The van der Waals surface area contributed by atoms with Gasteiger partial charge in [0.15, 0.2) is 0 Å². The van der Waals surface area contributed by atoms with Gasteiger partial charge in [0.2, 0.25) is 0 Å². The Morgan fingerprint density at radius 2 is 2.31 bits per heavy atom. The SMILES string of the molecule is Cc1cncc(CNCCCN)c1. The van der Waals surface area contributed by atoms with E-state index in [0.717, 1.165) is 26.1 Å². The molecule has 0 amide bonds. The number of aryl methyl sites for hydroxylation is 1. The Morgan fingerprint density at radius 3 is 3.00 bits per heavy atom. The van der Waals surface area contributed by atoms with Gasteiger partial charge in [-0.15, -0.1) is 0 Å². The summed E-state index contributed by atoms with van der Waals surface area (Å²) in [5.41, 5.74) is 7.82. The quantitative estimate of drug-likeness (QED) is 0.658. The van der Waals surface area contributed by atoms with Gasteiger partial charge < -0.3 is 11.1 Å². The average molecular weight is 179 g/mol. The molecule has 0 aliphatic rings. The minimum atomic E-state index is 0.749. The Bertz CT molecular complexity index is 248. The molecule has 1 heterocycles. The van der Waals surface area contributed by atoms with Crippen molar-refractivity contribution in [1.29, 1.82) is 0 Å². The molecule has 0 atom stereocenters. The highest BCUT2D eigenvalue weighted by molar-refractivity contribution is 5.16. The van der Waals surface area contributed by atoms with Crippen LogP contribution in [0.1, 0.15) is 17.5 Å². The van der Waals surface area contributed by atoms with Crippen molar-refractivity contribution < 1.29 is 0 Å². The number of nitrogens with one attached hydrogen (secondary N) is 1. The van der Waals surface area contributed by atoms with Gasteiger partial charge in [-0.1, -0.05) is 6.07 Å². The molecule has 0 unspecified atom stereocenters. The molecule has 3 heteroatoms. The van der Waals surface area contributed by atoms with Crippen LogP contribution in [0.25, 0.3) is 0 Å². The summed E-state index contributed by atoms with van der Waals surface area (Å²) in [4.78, 5) is 4.12. The highest BCUT2D eigenvalue weighted by Gasteiger charge is 1.92. The molecule has 1 aromatic rings. The second kappa shape index (κ2) is 5.67. The molecule has 0 fully saturated rings. The molecule has 0 aliphatic carbocycles. The first-order chi connectivity index (χ1) is 6.33. The second-order valence-corrected chi connectivity index (χ2v) is 3.19. The van der Waals surface area contributed by atoms with E-state index >= 15 is 0 Å². The summed E-state index contributed by atoms with van der Waals surface area (Å²) >= 11 is 0. The highest BCUT2D eigenvalue weighted by Crippen LogP contribution is 1.99. The lowest BCUT2D eigenvalue weighted by molar-refractivity contribution is 0.654. The van der Waals surface area contributed by atoms with Crippen LogP contribution < -0.4 is 11.1 Å². The maximum absolute atomic E-state index is 5.38. The lowest BCUT2D eigenvalue weighted by Crippen LogP contribution is -2.17. The van der Waals surface area contributed by atoms with Crippen LogP contribution in [0.3, 0.4) is 0 Å². The fourth-order valence-electron chi connectivity index (χ4n) is 1.17. The molecule has 1 rings (SSSR count). The van der Waals surface area contributed by atoms with E-state index in [2.05, 4.69) is 23.3 Å².